The number of esters is 1. The maximum atomic E-state index is 11.8. The molecule has 1 aliphatic carbocycles. The number of carbonyl (C=O) groups excluding carboxylic acids is 1. The average molecular weight is 386 g/mol. The summed E-state index contributed by atoms with van der Waals surface area (Å²) >= 11 is 0. The van der Waals surface area contributed by atoms with Crippen LogP contribution < -0.4 is 9.47 Å². The second-order valence-corrected chi connectivity index (χ2v) is 7.82. The van der Waals surface area contributed by atoms with E-state index in [2.05, 4.69) is 11.0 Å². The summed E-state index contributed by atoms with van der Waals surface area (Å²) in [6.07, 6.45) is 6.09. The molecule has 1 atom stereocenters. The number of rotatable bonds is 6. The fourth-order valence-corrected chi connectivity index (χ4v) is 4.33. The van der Waals surface area contributed by atoms with Crippen LogP contribution in [0.4, 0.5) is 0 Å². The molecule has 1 aromatic rings. The fourth-order valence-electron chi connectivity index (χ4n) is 4.33. The number of nitrogens with zero attached hydrogens (tertiary/aromatic N) is 2. The molecular formula is C22H30N2O4. The highest BCUT2D eigenvalue weighted by molar-refractivity contribution is 5.75. The van der Waals surface area contributed by atoms with Crippen LogP contribution in [0, 0.1) is 11.3 Å². The predicted molar refractivity (Wildman–Crippen MR) is 105 cm³/mol. The van der Waals surface area contributed by atoms with Crippen LogP contribution in [0.15, 0.2) is 18.2 Å². The van der Waals surface area contributed by atoms with Crippen molar-refractivity contribution in [3.63, 3.8) is 0 Å². The molecule has 3 rings (SSSR count). The van der Waals surface area contributed by atoms with Crippen molar-refractivity contribution in [2.24, 2.45) is 0 Å². The van der Waals surface area contributed by atoms with Gasteiger partial charge in [0.2, 0.25) is 0 Å². The van der Waals surface area contributed by atoms with Gasteiger partial charge >= 0.3 is 5.97 Å². The van der Waals surface area contributed by atoms with Crippen molar-refractivity contribution >= 4 is 5.97 Å². The molecular weight excluding hydrogens is 356 g/mol. The molecule has 0 radical (unpaired) electrons. The lowest BCUT2D eigenvalue weighted by molar-refractivity contribution is -0.146. The van der Waals surface area contributed by atoms with E-state index in [0.29, 0.717) is 31.7 Å². The number of hydrogen-bond acceptors (Lipinski definition) is 6. The number of ether oxygens (including phenoxy) is 3. The Morgan fingerprint density at radius 2 is 1.89 bits per heavy atom. The molecule has 0 bridgehead atoms. The number of likely N-dealkylation sites (tertiary alicyclic amines) is 1. The first-order valence-corrected chi connectivity index (χ1v) is 10.1. The maximum absolute atomic E-state index is 11.8. The van der Waals surface area contributed by atoms with Crippen molar-refractivity contribution in [3.8, 4) is 17.6 Å². The number of piperidine rings is 1. The molecule has 28 heavy (non-hydrogen) atoms. The lowest BCUT2D eigenvalue weighted by Gasteiger charge is -2.39. The summed E-state index contributed by atoms with van der Waals surface area (Å²) in [6.45, 7) is 3.20. The molecule has 1 aliphatic heterocycles. The average Bonchev–Trinajstić information content (AvgIpc) is 3.25. The molecule has 1 saturated carbocycles. The van der Waals surface area contributed by atoms with Crippen LogP contribution in [0.1, 0.15) is 51.0 Å². The smallest absolute Gasteiger partial charge is 0.322 e. The van der Waals surface area contributed by atoms with Crippen LogP contribution in [-0.4, -0.2) is 50.3 Å². The van der Waals surface area contributed by atoms with Crippen molar-refractivity contribution in [1.29, 1.82) is 5.26 Å². The molecule has 2 fully saturated rings. The molecule has 0 aromatic heterocycles. The van der Waals surface area contributed by atoms with Crippen LogP contribution in [0.3, 0.4) is 0 Å². The van der Waals surface area contributed by atoms with Crippen molar-refractivity contribution in [3.05, 3.63) is 23.8 Å². The van der Waals surface area contributed by atoms with Gasteiger partial charge in [-0.3, -0.25) is 9.69 Å². The molecule has 152 valence electrons. The van der Waals surface area contributed by atoms with E-state index in [1.807, 2.05) is 25.1 Å². The molecule has 6 nitrogen and oxygen atoms in total. The van der Waals surface area contributed by atoms with E-state index in [1.54, 1.807) is 7.11 Å². The summed E-state index contributed by atoms with van der Waals surface area (Å²) in [5.41, 5.74) is 0.390. The van der Waals surface area contributed by atoms with E-state index in [-0.39, 0.29) is 18.1 Å². The molecule has 1 heterocycles. The van der Waals surface area contributed by atoms with Gasteiger partial charge in [-0.25, -0.2) is 0 Å². The summed E-state index contributed by atoms with van der Waals surface area (Å²) in [7, 11) is 3.05. The predicted octanol–water partition coefficient (Wildman–Crippen LogP) is 3.44. The maximum Gasteiger partial charge on any atom is 0.322 e. The van der Waals surface area contributed by atoms with Crippen molar-refractivity contribution in [2.45, 2.75) is 63.0 Å². The van der Waals surface area contributed by atoms with Gasteiger partial charge in [-0.15, -0.1) is 0 Å². The molecule has 0 spiro atoms. The van der Waals surface area contributed by atoms with Gasteiger partial charge in [0, 0.05) is 13.1 Å². The zero-order chi connectivity index (χ0) is 20.1. The topological polar surface area (TPSA) is 71.8 Å². The second-order valence-electron chi connectivity index (χ2n) is 7.82. The Hall–Kier alpha value is -2.26. The molecule has 0 unspecified atom stereocenters. The van der Waals surface area contributed by atoms with Gasteiger partial charge in [0.1, 0.15) is 6.04 Å². The van der Waals surface area contributed by atoms with E-state index in [1.165, 1.54) is 20.0 Å². The van der Waals surface area contributed by atoms with Crippen LogP contribution in [0.25, 0.3) is 0 Å². The second kappa shape index (κ2) is 8.83. The van der Waals surface area contributed by atoms with E-state index < -0.39 is 5.41 Å². The number of methoxy groups -OCH3 is 2. The lowest BCUT2D eigenvalue weighted by atomic mass is 9.73. The van der Waals surface area contributed by atoms with Gasteiger partial charge in [0.25, 0.3) is 0 Å². The van der Waals surface area contributed by atoms with Gasteiger partial charge < -0.3 is 14.2 Å². The van der Waals surface area contributed by atoms with E-state index >= 15 is 0 Å². The number of nitriles is 1. The third-order valence-electron chi connectivity index (χ3n) is 6.27. The Bertz CT molecular complexity index is 729. The highest BCUT2D eigenvalue weighted by Crippen LogP contribution is 2.40. The fraction of sp³-hybridized carbons (Fsp3) is 0.636. The zero-order valence-electron chi connectivity index (χ0n) is 17.1. The van der Waals surface area contributed by atoms with Gasteiger partial charge in [-0.05, 0) is 63.1 Å². The molecule has 1 aromatic carbocycles. The summed E-state index contributed by atoms with van der Waals surface area (Å²) in [5.74, 6) is 1.20. The van der Waals surface area contributed by atoms with Crippen molar-refractivity contribution in [1.82, 2.24) is 4.90 Å². The zero-order valence-corrected chi connectivity index (χ0v) is 17.1. The standard InChI is InChI=1S/C22H30N2O4/c1-16(21(25)27-3)24-12-10-22(15-23,11-13-24)17-8-9-19(26-2)20(14-17)28-18-6-4-5-7-18/h8-9,14,16,18H,4-7,10-13H2,1-3H3/t16-/m1/s1. The number of carbonyl (C=O) groups is 1. The highest BCUT2D eigenvalue weighted by Gasteiger charge is 2.39. The lowest BCUT2D eigenvalue weighted by Crippen LogP contribution is -2.48. The minimum absolute atomic E-state index is 0.227. The van der Waals surface area contributed by atoms with Crippen molar-refractivity contribution in [2.75, 3.05) is 27.3 Å². The Kier molecular flexibility index (Phi) is 6.46. The Balaban J connectivity index is 1.79. The SMILES string of the molecule is COC(=O)[C@@H](C)N1CCC(C#N)(c2ccc(OC)c(OC3CCCC3)c2)CC1. The third kappa shape index (κ3) is 4.10. The normalized spacial score (nSPS) is 20.9. The molecule has 0 N–H and O–H groups in total. The Labute approximate surface area is 167 Å². The van der Waals surface area contributed by atoms with Crippen LogP contribution in [-0.2, 0) is 14.9 Å². The number of hydrogen-bond donors (Lipinski definition) is 0. The van der Waals surface area contributed by atoms with E-state index in [4.69, 9.17) is 14.2 Å². The molecule has 0 amide bonds. The van der Waals surface area contributed by atoms with Crippen LogP contribution in [0.5, 0.6) is 11.5 Å². The minimum atomic E-state index is -0.577. The Morgan fingerprint density at radius 3 is 2.46 bits per heavy atom. The summed E-state index contributed by atoms with van der Waals surface area (Å²) in [5, 5.41) is 10.0. The summed E-state index contributed by atoms with van der Waals surface area (Å²) in [4.78, 5) is 13.9. The number of benzene rings is 1. The van der Waals surface area contributed by atoms with Gasteiger partial charge in [-0.2, -0.15) is 5.26 Å². The van der Waals surface area contributed by atoms with Gasteiger partial charge in [-0.1, -0.05) is 6.07 Å². The third-order valence-corrected chi connectivity index (χ3v) is 6.27. The quantitative estimate of drug-likeness (QED) is 0.698. The van der Waals surface area contributed by atoms with Gasteiger partial charge in [0.05, 0.1) is 31.8 Å². The van der Waals surface area contributed by atoms with Crippen LogP contribution in [0.2, 0.25) is 0 Å². The molecule has 2 aliphatic rings. The highest BCUT2D eigenvalue weighted by atomic mass is 16.5. The largest absolute Gasteiger partial charge is 0.493 e. The summed E-state index contributed by atoms with van der Waals surface area (Å²) < 4.78 is 16.6. The van der Waals surface area contributed by atoms with Gasteiger partial charge in [0.15, 0.2) is 11.5 Å². The van der Waals surface area contributed by atoms with Crippen LogP contribution >= 0.6 is 0 Å². The summed E-state index contributed by atoms with van der Waals surface area (Å²) in [6, 6.07) is 8.13. The van der Waals surface area contributed by atoms with E-state index in [0.717, 1.165) is 24.2 Å². The first kappa shape index (κ1) is 20.5. The first-order chi connectivity index (χ1) is 13.5. The minimum Gasteiger partial charge on any atom is -0.493 e. The Morgan fingerprint density at radius 1 is 1.21 bits per heavy atom. The molecule has 6 heteroatoms. The van der Waals surface area contributed by atoms with Crippen molar-refractivity contribution < 1.29 is 19.0 Å². The monoisotopic (exact) mass is 386 g/mol. The molecule has 1 saturated heterocycles. The van der Waals surface area contributed by atoms with E-state index in [9.17, 15) is 10.1 Å². The first-order valence-electron chi connectivity index (χ1n) is 10.1.